The summed E-state index contributed by atoms with van der Waals surface area (Å²) in [5.41, 5.74) is 5.69. The lowest BCUT2D eigenvalue weighted by Gasteiger charge is -2.23. The highest BCUT2D eigenvalue weighted by Gasteiger charge is 2.33. The van der Waals surface area contributed by atoms with E-state index in [2.05, 4.69) is 57.9 Å². The predicted molar refractivity (Wildman–Crippen MR) is 126 cm³/mol. The number of fused-ring (bicyclic) bond motifs is 4. The number of hydrogen-bond acceptors (Lipinski definition) is 2. The summed E-state index contributed by atoms with van der Waals surface area (Å²) in [6.45, 7) is 9.94. The van der Waals surface area contributed by atoms with Gasteiger partial charge in [0.25, 0.3) is 5.82 Å². The Balaban J connectivity index is 1.61. The molecule has 31 heavy (non-hydrogen) atoms. The zero-order chi connectivity index (χ0) is 21.7. The van der Waals surface area contributed by atoms with E-state index in [9.17, 15) is 4.39 Å². The molecule has 0 spiro atoms. The quantitative estimate of drug-likeness (QED) is 0.484. The van der Waals surface area contributed by atoms with Crippen LogP contribution in [-0.2, 0) is 13.1 Å². The van der Waals surface area contributed by atoms with Crippen molar-refractivity contribution in [1.82, 2.24) is 4.57 Å². The summed E-state index contributed by atoms with van der Waals surface area (Å²) in [7, 11) is 0. The van der Waals surface area contributed by atoms with E-state index in [-0.39, 0.29) is 5.82 Å². The third-order valence-corrected chi connectivity index (χ3v) is 6.61. The van der Waals surface area contributed by atoms with E-state index in [0.29, 0.717) is 0 Å². The third kappa shape index (κ3) is 3.06. The number of nitrogens with zero attached hydrogens (tertiary/aromatic N) is 4. The van der Waals surface area contributed by atoms with Gasteiger partial charge >= 0.3 is 0 Å². The molecular formula is C25H27ClFN4+. The van der Waals surface area contributed by atoms with Crippen molar-refractivity contribution >= 4 is 39.6 Å². The highest BCUT2D eigenvalue weighted by Crippen LogP contribution is 2.43. The van der Waals surface area contributed by atoms with Crippen LogP contribution in [0.5, 0.6) is 0 Å². The highest BCUT2D eigenvalue weighted by molar-refractivity contribution is 6.31. The lowest BCUT2D eigenvalue weighted by molar-refractivity contribution is -0.664. The first kappa shape index (κ1) is 20.1. The molecule has 3 aromatic rings. The van der Waals surface area contributed by atoms with Crippen LogP contribution in [0.3, 0.4) is 0 Å². The second kappa shape index (κ2) is 7.72. The molecule has 0 N–H and O–H groups in total. The van der Waals surface area contributed by atoms with Crippen molar-refractivity contribution in [2.45, 2.75) is 40.3 Å². The van der Waals surface area contributed by atoms with Crippen LogP contribution in [0.2, 0.25) is 5.02 Å². The summed E-state index contributed by atoms with van der Waals surface area (Å²) in [5, 5.41) is 0.754. The Kier molecular flexibility index (Phi) is 5.01. The summed E-state index contributed by atoms with van der Waals surface area (Å²) in [6.07, 6.45) is 5.45. The first-order valence-electron chi connectivity index (χ1n) is 11.0. The van der Waals surface area contributed by atoms with Crippen LogP contribution in [0.4, 0.5) is 15.8 Å². The number of aromatic nitrogens is 2. The first-order chi connectivity index (χ1) is 15.1. The Morgan fingerprint density at radius 1 is 0.968 bits per heavy atom. The molecule has 0 saturated carbocycles. The summed E-state index contributed by atoms with van der Waals surface area (Å²) in [4.78, 5) is 4.65. The minimum Gasteiger partial charge on any atom is -0.326 e. The number of rotatable bonds is 4. The first-order valence-corrected chi connectivity index (χ1v) is 11.4. The smallest absolute Gasteiger partial charge is 0.285 e. The SMILES string of the molecule is CCN1C(=CC=C2CC[n+]3c2n(CC)c2cc(F)ccc23)N(CC)c2cc(Cl)ccc21. The standard InChI is InChI=1S/C25H27ClFN4/c1-4-28-20-10-8-18(26)15-22(20)29(5-2)24(28)12-7-17-13-14-31-21-11-9-19(27)16-23(21)30(6-3)25(17)31/h7-12,15-16H,4-6,13-14H2,1-3H3/q+1. The molecule has 0 atom stereocenters. The van der Waals surface area contributed by atoms with Gasteiger partial charge in [-0.1, -0.05) is 11.6 Å². The lowest BCUT2D eigenvalue weighted by atomic mass is 10.2. The molecule has 2 aliphatic heterocycles. The van der Waals surface area contributed by atoms with Gasteiger partial charge in [-0.25, -0.2) is 13.5 Å². The number of allylic oxidation sites excluding steroid dienone is 3. The normalized spacial score (nSPS) is 18.0. The Labute approximate surface area is 187 Å². The Morgan fingerprint density at radius 2 is 1.74 bits per heavy atom. The molecule has 6 heteroatoms. The van der Waals surface area contributed by atoms with Crippen molar-refractivity contribution in [2.24, 2.45) is 0 Å². The van der Waals surface area contributed by atoms with E-state index in [1.807, 2.05) is 18.2 Å². The van der Waals surface area contributed by atoms with Crippen molar-refractivity contribution < 1.29 is 8.96 Å². The maximum absolute atomic E-state index is 13.9. The van der Waals surface area contributed by atoms with Crippen LogP contribution in [0.25, 0.3) is 16.6 Å². The van der Waals surface area contributed by atoms with E-state index in [4.69, 9.17) is 11.6 Å². The maximum Gasteiger partial charge on any atom is 0.285 e. The fourth-order valence-corrected chi connectivity index (χ4v) is 5.23. The van der Waals surface area contributed by atoms with Crippen LogP contribution < -0.4 is 14.4 Å². The van der Waals surface area contributed by atoms with E-state index < -0.39 is 0 Å². The van der Waals surface area contributed by atoms with Gasteiger partial charge in [0, 0.05) is 36.2 Å². The molecule has 0 bridgehead atoms. The average Bonchev–Trinajstić information content (AvgIpc) is 3.40. The number of imidazole rings is 1. The van der Waals surface area contributed by atoms with E-state index in [1.54, 1.807) is 12.1 Å². The Hall–Kier alpha value is -2.79. The zero-order valence-electron chi connectivity index (χ0n) is 18.2. The van der Waals surface area contributed by atoms with Crippen molar-refractivity contribution in [2.75, 3.05) is 22.9 Å². The molecule has 160 valence electrons. The molecule has 0 radical (unpaired) electrons. The zero-order valence-corrected chi connectivity index (χ0v) is 19.0. The van der Waals surface area contributed by atoms with Gasteiger partial charge in [0.1, 0.15) is 11.6 Å². The van der Waals surface area contributed by atoms with Crippen molar-refractivity contribution in [3.63, 3.8) is 0 Å². The number of hydrogen-bond donors (Lipinski definition) is 0. The summed E-state index contributed by atoms with van der Waals surface area (Å²) in [6, 6.07) is 11.2. The molecule has 3 heterocycles. The summed E-state index contributed by atoms with van der Waals surface area (Å²) >= 11 is 6.30. The number of halogens is 2. The number of anilines is 2. The topological polar surface area (TPSA) is 15.3 Å². The molecular weight excluding hydrogens is 411 g/mol. The number of aryl methyl sites for hydroxylation is 2. The molecule has 5 rings (SSSR count). The molecule has 0 unspecified atom stereocenters. The average molecular weight is 438 g/mol. The maximum atomic E-state index is 13.9. The summed E-state index contributed by atoms with van der Waals surface area (Å²) in [5.74, 6) is 2.16. The van der Waals surface area contributed by atoms with E-state index in [1.165, 1.54) is 22.9 Å². The molecule has 1 aromatic heterocycles. The molecule has 4 nitrogen and oxygen atoms in total. The van der Waals surface area contributed by atoms with E-state index >= 15 is 0 Å². The molecule has 2 aromatic carbocycles. The highest BCUT2D eigenvalue weighted by atomic mass is 35.5. The van der Waals surface area contributed by atoms with Gasteiger partial charge < -0.3 is 9.80 Å². The van der Waals surface area contributed by atoms with Crippen molar-refractivity contribution in [1.29, 1.82) is 0 Å². The minimum absolute atomic E-state index is 0.189. The monoisotopic (exact) mass is 437 g/mol. The third-order valence-electron chi connectivity index (χ3n) is 6.38. The van der Waals surface area contributed by atoms with Crippen LogP contribution in [0.15, 0.2) is 54.4 Å². The van der Waals surface area contributed by atoms with Crippen molar-refractivity contribution in [3.05, 3.63) is 71.0 Å². The molecule has 0 saturated heterocycles. The second-order valence-corrected chi connectivity index (χ2v) is 8.38. The lowest BCUT2D eigenvalue weighted by Crippen LogP contribution is -2.31. The summed E-state index contributed by atoms with van der Waals surface area (Å²) < 4.78 is 18.5. The van der Waals surface area contributed by atoms with Gasteiger partial charge in [-0.15, -0.1) is 0 Å². The molecule has 0 amide bonds. The minimum atomic E-state index is -0.189. The molecule has 0 fully saturated rings. The van der Waals surface area contributed by atoms with Crippen LogP contribution in [-0.4, -0.2) is 17.7 Å². The fraction of sp³-hybridized carbons (Fsp3) is 0.320. The van der Waals surface area contributed by atoms with Crippen molar-refractivity contribution in [3.8, 4) is 0 Å². The van der Waals surface area contributed by atoms with E-state index in [0.717, 1.165) is 54.3 Å². The van der Waals surface area contributed by atoms with Gasteiger partial charge in [0.15, 0.2) is 11.0 Å². The molecule has 2 aliphatic rings. The molecule has 0 aliphatic carbocycles. The largest absolute Gasteiger partial charge is 0.326 e. The fourth-order valence-electron chi connectivity index (χ4n) is 5.06. The Morgan fingerprint density at radius 3 is 2.48 bits per heavy atom. The van der Waals surface area contributed by atoms with Crippen LogP contribution in [0.1, 0.15) is 33.0 Å². The van der Waals surface area contributed by atoms with Gasteiger partial charge in [0.05, 0.1) is 24.5 Å². The van der Waals surface area contributed by atoms with Gasteiger partial charge in [-0.05, 0) is 63.3 Å². The van der Waals surface area contributed by atoms with Gasteiger partial charge in [0.2, 0.25) is 0 Å². The van der Waals surface area contributed by atoms with Crippen LogP contribution >= 0.6 is 11.6 Å². The Bertz CT molecular complexity index is 1240. The van der Waals surface area contributed by atoms with Gasteiger partial charge in [-0.3, -0.25) is 0 Å². The predicted octanol–water partition coefficient (Wildman–Crippen LogP) is 5.74. The van der Waals surface area contributed by atoms with Gasteiger partial charge in [-0.2, -0.15) is 0 Å². The van der Waals surface area contributed by atoms with Crippen LogP contribution in [0, 0.1) is 5.82 Å². The number of benzene rings is 2. The second-order valence-electron chi connectivity index (χ2n) is 7.94.